The van der Waals surface area contributed by atoms with Crippen LogP contribution in [0.4, 0.5) is 5.69 Å². The number of aromatic nitrogens is 3. The van der Waals surface area contributed by atoms with Gasteiger partial charge in [-0.25, -0.2) is 9.47 Å². The van der Waals surface area contributed by atoms with Crippen LogP contribution in [0.3, 0.4) is 0 Å². The van der Waals surface area contributed by atoms with Gasteiger partial charge in [0.25, 0.3) is 0 Å². The van der Waals surface area contributed by atoms with E-state index in [1.807, 2.05) is 51.1 Å². The molecule has 3 aromatic rings. The van der Waals surface area contributed by atoms with E-state index in [-0.39, 0.29) is 11.9 Å². The first-order valence-corrected chi connectivity index (χ1v) is 10.7. The summed E-state index contributed by atoms with van der Waals surface area (Å²) in [6.45, 7) is 5.80. The van der Waals surface area contributed by atoms with Gasteiger partial charge in [0.05, 0.1) is 18.7 Å². The van der Waals surface area contributed by atoms with E-state index in [2.05, 4.69) is 20.9 Å². The SMILES string of the molecule is COC(=O)c1ccc(C2Nn3c(C)nnc3SC2C(=O)Nc2cc(C)ccc2C)cc1. The van der Waals surface area contributed by atoms with Crippen molar-refractivity contribution in [1.29, 1.82) is 0 Å². The van der Waals surface area contributed by atoms with Gasteiger partial charge >= 0.3 is 5.97 Å². The summed E-state index contributed by atoms with van der Waals surface area (Å²) in [7, 11) is 1.35. The number of rotatable bonds is 4. The van der Waals surface area contributed by atoms with Gasteiger partial charge in [0, 0.05) is 5.69 Å². The van der Waals surface area contributed by atoms with Crippen molar-refractivity contribution in [3.05, 3.63) is 70.5 Å². The molecule has 0 spiro atoms. The number of aryl methyl sites for hydroxylation is 3. The molecule has 2 unspecified atom stereocenters. The Kier molecular flexibility index (Phi) is 5.69. The highest BCUT2D eigenvalue weighted by Gasteiger charge is 2.37. The van der Waals surface area contributed by atoms with Crippen LogP contribution >= 0.6 is 11.8 Å². The molecule has 160 valence electrons. The lowest BCUT2D eigenvalue weighted by atomic mass is 10.0. The average Bonchev–Trinajstić information content (AvgIpc) is 3.14. The van der Waals surface area contributed by atoms with Crippen LogP contribution in [0.15, 0.2) is 47.6 Å². The predicted molar refractivity (Wildman–Crippen MR) is 119 cm³/mol. The van der Waals surface area contributed by atoms with Gasteiger partial charge in [-0.15, -0.1) is 10.2 Å². The van der Waals surface area contributed by atoms with Crippen molar-refractivity contribution < 1.29 is 14.3 Å². The third kappa shape index (κ3) is 4.13. The van der Waals surface area contributed by atoms with E-state index in [1.54, 1.807) is 16.8 Å². The van der Waals surface area contributed by atoms with Crippen LogP contribution in [0.2, 0.25) is 0 Å². The molecular formula is C22H23N5O3S. The Morgan fingerprint density at radius 3 is 2.55 bits per heavy atom. The zero-order valence-electron chi connectivity index (χ0n) is 17.7. The van der Waals surface area contributed by atoms with Gasteiger partial charge in [0.15, 0.2) is 0 Å². The molecule has 4 rings (SSSR count). The quantitative estimate of drug-likeness (QED) is 0.604. The molecule has 31 heavy (non-hydrogen) atoms. The maximum atomic E-state index is 13.3. The van der Waals surface area contributed by atoms with Gasteiger partial charge in [0.1, 0.15) is 11.1 Å². The second-order valence-electron chi connectivity index (χ2n) is 7.43. The molecule has 0 fully saturated rings. The van der Waals surface area contributed by atoms with Gasteiger partial charge in [-0.2, -0.15) is 0 Å². The monoisotopic (exact) mass is 437 g/mol. The van der Waals surface area contributed by atoms with Crippen LogP contribution in [0.25, 0.3) is 0 Å². The Balaban J connectivity index is 1.67. The smallest absolute Gasteiger partial charge is 0.337 e. The number of fused-ring (bicyclic) bond motifs is 1. The number of amides is 1. The average molecular weight is 438 g/mol. The molecule has 1 aromatic heterocycles. The minimum absolute atomic E-state index is 0.139. The summed E-state index contributed by atoms with van der Waals surface area (Å²) in [5.74, 6) is 0.158. The summed E-state index contributed by atoms with van der Waals surface area (Å²) in [6.07, 6.45) is 0. The molecule has 2 N–H and O–H groups in total. The number of esters is 1. The third-order valence-electron chi connectivity index (χ3n) is 5.20. The molecule has 8 nitrogen and oxygen atoms in total. The maximum absolute atomic E-state index is 13.3. The minimum Gasteiger partial charge on any atom is -0.465 e. The van der Waals surface area contributed by atoms with Crippen LogP contribution in [0, 0.1) is 20.8 Å². The number of thioether (sulfide) groups is 1. The van der Waals surface area contributed by atoms with Gasteiger partial charge in [0.2, 0.25) is 11.1 Å². The lowest BCUT2D eigenvalue weighted by molar-refractivity contribution is -0.116. The Morgan fingerprint density at radius 2 is 1.84 bits per heavy atom. The number of carbonyl (C=O) groups is 2. The fraction of sp³-hybridized carbons (Fsp3) is 0.273. The molecule has 2 atom stereocenters. The summed E-state index contributed by atoms with van der Waals surface area (Å²) in [4.78, 5) is 25.1. The topological polar surface area (TPSA) is 98.1 Å². The van der Waals surface area contributed by atoms with Crippen molar-refractivity contribution in [2.75, 3.05) is 17.9 Å². The first-order chi connectivity index (χ1) is 14.9. The van der Waals surface area contributed by atoms with Crippen molar-refractivity contribution in [2.24, 2.45) is 0 Å². The van der Waals surface area contributed by atoms with Crippen LogP contribution < -0.4 is 10.7 Å². The molecule has 9 heteroatoms. The van der Waals surface area contributed by atoms with Crippen molar-refractivity contribution in [3.8, 4) is 0 Å². The van der Waals surface area contributed by atoms with Crippen molar-refractivity contribution >= 4 is 29.3 Å². The molecule has 2 aromatic carbocycles. The zero-order valence-corrected chi connectivity index (χ0v) is 18.5. The summed E-state index contributed by atoms with van der Waals surface area (Å²) >= 11 is 1.36. The van der Waals surface area contributed by atoms with Crippen molar-refractivity contribution in [3.63, 3.8) is 0 Å². The number of anilines is 1. The normalized spacial score (nSPS) is 17.4. The van der Waals surface area contributed by atoms with E-state index in [9.17, 15) is 9.59 Å². The molecule has 0 bridgehead atoms. The van der Waals surface area contributed by atoms with Crippen molar-refractivity contribution in [2.45, 2.75) is 37.2 Å². The number of hydrogen-bond donors (Lipinski definition) is 2. The summed E-state index contributed by atoms with van der Waals surface area (Å²) in [5.41, 5.74) is 7.52. The Morgan fingerprint density at radius 1 is 1.10 bits per heavy atom. The van der Waals surface area contributed by atoms with Gasteiger partial charge in [-0.3, -0.25) is 4.79 Å². The number of benzene rings is 2. The number of ether oxygens (including phenoxy) is 1. The summed E-state index contributed by atoms with van der Waals surface area (Å²) in [6, 6.07) is 12.6. The molecule has 0 saturated carbocycles. The van der Waals surface area contributed by atoms with Crippen LogP contribution in [0.5, 0.6) is 0 Å². The molecule has 2 heterocycles. The van der Waals surface area contributed by atoms with Gasteiger partial charge in [-0.1, -0.05) is 36.0 Å². The maximum Gasteiger partial charge on any atom is 0.337 e. The predicted octanol–water partition coefficient (Wildman–Crippen LogP) is 3.39. The van der Waals surface area contributed by atoms with Crippen LogP contribution in [0.1, 0.15) is 38.9 Å². The summed E-state index contributed by atoms with van der Waals surface area (Å²) in [5, 5.41) is 11.5. The van der Waals surface area contributed by atoms with Crippen LogP contribution in [-0.4, -0.2) is 39.1 Å². The zero-order chi connectivity index (χ0) is 22.1. The highest BCUT2D eigenvalue weighted by molar-refractivity contribution is 8.00. The molecular weight excluding hydrogens is 414 g/mol. The number of methoxy groups -OCH3 is 1. The lowest BCUT2D eigenvalue weighted by Gasteiger charge is -2.33. The van der Waals surface area contributed by atoms with Gasteiger partial charge in [-0.05, 0) is 55.7 Å². The third-order valence-corrected chi connectivity index (χ3v) is 6.41. The lowest BCUT2D eigenvalue weighted by Crippen LogP contribution is -2.41. The first-order valence-electron chi connectivity index (χ1n) is 9.79. The fourth-order valence-electron chi connectivity index (χ4n) is 3.43. The molecule has 0 radical (unpaired) electrons. The molecule has 0 saturated heterocycles. The molecule has 1 amide bonds. The number of hydrogen-bond acceptors (Lipinski definition) is 7. The molecule has 1 aliphatic rings. The van der Waals surface area contributed by atoms with E-state index in [0.717, 1.165) is 22.4 Å². The summed E-state index contributed by atoms with van der Waals surface area (Å²) < 4.78 is 6.56. The minimum atomic E-state index is -0.500. The Hall–Kier alpha value is -3.33. The molecule has 0 aliphatic carbocycles. The molecule has 1 aliphatic heterocycles. The van der Waals surface area contributed by atoms with E-state index in [0.29, 0.717) is 16.5 Å². The second kappa shape index (κ2) is 8.43. The second-order valence-corrected chi connectivity index (χ2v) is 8.54. The fourth-order valence-corrected chi connectivity index (χ4v) is 4.55. The highest BCUT2D eigenvalue weighted by atomic mass is 32.2. The van der Waals surface area contributed by atoms with E-state index in [1.165, 1.54) is 18.9 Å². The van der Waals surface area contributed by atoms with Crippen molar-refractivity contribution in [1.82, 2.24) is 14.9 Å². The first kappa shape index (κ1) is 20.9. The number of nitrogens with one attached hydrogen (secondary N) is 2. The number of nitrogens with zero attached hydrogens (tertiary/aromatic N) is 3. The van der Waals surface area contributed by atoms with Crippen LogP contribution in [-0.2, 0) is 9.53 Å². The highest BCUT2D eigenvalue weighted by Crippen LogP contribution is 2.37. The largest absolute Gasteiger partial charge is 0.465 e. The van der Waals surface area contributed by atoms with E-state index in [4.69, 9.17) is 4.74 Å². The van der Waals surface area contributed by atoms with E-state index < -0.39 is 11.2 Å². The van der Waals surface area contributed by atoms with E-state index >= 15 is 0 Å². The Bertz CT molecular complexity index is 1140. The number of carbonyl (C=O) groups excluding carboxylic acids is 2. The standard InChI is InChI=1S/C22H23N5O3S/c1-12-5-6-13(2)17(11-12)23-20(28)19-18(26-27-14(3)24-25-22(27)31-19)15-7-9-16(10-8-15)21(29)30-4/h5-11,18-19,26H,1-4H3,(H,23,28). The Labute approximate surface area is 184 Å². The van der Waals surface area contributed by atoms with Gasteiger partial charge < -0.3 is 15.5 Å².